The Bertz CT molecular complexity index is 1070. The van der Waals surface area contributed by atoms with Crippen LogP contribution in [0.25, 0.3) is 22.2 Å². The van der Waals surface area contributed by atoms with Crippen molar-refractivity contribution >= 4 is 16.7 Å². The van der Waals surface area contributed by atoms with Crippen LogP contribution in [0.5, 0.6) is 5.75 Å². The van der Waals surface area contributed by atoms with Crippen LogP contribution >= 0.6 is 0 Å². The number of nitrogens with zero attached hydrogens (tertiary/aromatic N) is 4. The van der Waals surface area contributed by atoms with Crippen LogP contribution in [0.3, 0.4) is 0 Å². The van der Waals surface area contributed by atoms with Crippen molar-refractivity contribution in [2.45, 2.75) is 19.5 Å². The summed E-state index contributed by atoms with van der Waals surface area (Å²) in [4.78, 5) is 6.40. The number of benzene rings is 1. The largest absolute Gasteiger partial charge is 0.507 e. The molecule has 0 spiro atoms. The number of anilines is 1. The zero-order valence-corrected chi connectivity index (χ0v) is 15.6. The molecule has 1 aromatic carbocycles. The highest BCUT2D eigenvalue weighted by Gasteiger charge is 2.35. The lowest BCUT2D eigenvalue weighted by atomic mass is 9.91. The third-order valence-electron chi connectivity index (χ3n) is 5.34. The van der Waals surface area contributed by atoms with E-state index in [2.05, 4.69) is 15.2 Å². The lowest BCUT2D eigenvalue weighted by Gasteiger charge is -2.23. The van der Waals surface area contributed by atoms with Crippen LogP contribution in [0.4, 0.5) is 19.0 Å². The van der Waals surface area contributed by atoms with Crippen molar-refractivity contribution in [3.05, 3.63) is 42.1 Å². The van der Waals surface area contributed by atoms with Crippen molar-refractivity contribution in [2.75, 3.05) is 24.6 Å². The van der Waals surface area contributed by atoms with Crippen LogP contribution in [0.15, 0.2) is 36.5 Å². The molecule has 0 radical (unpaired) electrons. The molecule has 4 rings (SSSR count). The maximum atomic E-state index is 12.9. The lowest BCUT2D eigenvalue weighted by Crippen LogP contribution is -2.28. The van der Waals surface area contributed by atoms with Crippen molar-refractivity contribution in [3.8, 4) is 17.0 Å². The number of aliphatic hydroxyl groups excluding tert-OH is 1. The molecule has 0 amide bonds. The van der Waals surface area contributed by atoms with Gasteiger partial charge in [-0.15, -0.1) is 10.2 Å². The van der Waals surface area contributed by atoms with Crippen LogP contribution in [0.2, 0.25) is 0 Å². The zero-order valence-electron chi connectivity index (χ0n) is 15.6. The monoisotopic (exact) mass is 404 g/mol. The number of phenols is 1. The Morgan fingerprint density at radius 3 is 2.66 bits per heavy atom. The molecule has 152 valence electrons. The van der Waals surface area contributed by atoms with Crippen LogP contribution in [-0.4, -0.2) is 45.1 Å². The highest BCUT2D eigenvalue weighted by molar-refractivity contribution is 5.98. The van der Waals surface area contributed by atoms with Crippen LogP contribution in [-0.2, 0) is 6.18 Å². The Kier molecular flexibility index (Phi) is 4.57. The quantitative estimate of drug-likeness (QED) is 0.694. The first-order valence-electron chi connectivity index (χ1n) is 9.10. The number of pyridine rings is 1. The van der Waals surface area contributed by atoms with E-state index in [-0.39, 0.29) is 23.3 Å². The first kappa shape index (κ1) is 19.4. The molecule has 1 saturated heterocycles. The van der Waals surface area contributed by atoms with Crippen molar-refractivity contribution in [3.63, 3.8) is 0 Å². The molecule has 2 N–H and O–H groups in total. The third kappa shape index (κ3) is 3.46. The standard InChI is InChI=1S/C20H19F3N4O2/c1-19(11-28)6-8-27(10-19)18-17-14(3-2-7-24-17)16(25-26-18)13-5-4-12(9-15(13)29)20(21,22)23/h2-5,7,9,28-29H,6,8,10-11H2,1H3/t19-/m1/s1. The van der Waals surface area contributed by atoms with E-state index in [1.54, 1.807) is 18.3 Å². The average Bonchev–Trinajstić information content (AvgIpc) is 3.09. The molecule has 2 aromatic heterocycles. The summed E-state index contributed by atoms with van der Waals surface area (Å²) in [5.74, 6) is 0.0222. The fraction of sp³-hybridized carbons (Fsp3) is 0.350. The highest BCUT2D eigenvalue weighted by Crippen LogP contribution is 2.40. The lowest BCUT2D eigenvalue weighted by molar-refractivity contribution is -0.137. The molecule has 1 fully saturated rings. The van der Waals surface area contributed by atoms with E-state index in [0.29, 0.717) is 35.9 Å². The molecule has 0 aliphatic carbocycles. The maximum absolute atomic E-state index is 12.9. The van der Waals surface area contributed by atoms with Gasteiger partial charge in [-0.05, 0) is 36.8 Å². The summed E-state index contributed by atoms with van der Waals surface area (Å²) in [6, 6.07) is 6.21. The molecule has 0 saturated carbocycles. The van der Waals surface area contributed by atoms with Crippen molar-refractivity contribution in [1.82, 2.24) is 15.2 Å². The first-order chi connectivity index (χ1) is 13.7. The summed E-state index contributed by atoms with van der Waals surface area (Å²) in [5, 5.41) is 28.9. The smallest absolute Gasteiger partial charge is 0.416 e. The molecule has 0 unspecified atom stereocenters. The van der Waals surface area contributed by atoms with Crippen molar-refractivity contribution < 1.29 is 23.4 Å². The number of phenolic OH excluding ortho intramolecular Hbond substituents is 1. The Morgan fingerprint density at radius 2 is 2.00 bits per heavy atom. The van der Waals surface area contributed by atoms with E-state index in [1.807, 2.05) is 11.8 Å². The second kappa shape index (κ2) is 6.84. The van der Waals surface area contributed by atoms with Gasteiger partial charge in [0.25, 0.3) is 0 Å². The molecular formula is C20H19F3N4O2. The van der Waals surface area contributed by atoms with E-state index >= 15 is 0 Å². The number of hydrogen-bond donors (Lipinski definition) is 2. The Hall–Kier alpha value is -2.94. The van der Waals surface area contributed by atoms with Gasteiger partial charge in [0.2, 0.25) is 0 Å². The van der Waals surface area contributed by atoms with Crippen molar-refractivity contribution in [2.24, 2.45) is 5.41 Å². The fourth-order valence-corrected chi connectivity index (χ4v) is 3.63. The van der Waals surface area contributed by atoms with Crippen LogP contribution in [0, 0.1) is 5.41 Å². The van der Waals surface area contributed by atoms with Gasteiger partial charge in [0, 0.05) is 35.7 Å². The molecule has 3 aromatic rings. The Labute approximate surface area is 164 Å². The van der Waals surface area contributed by atoms with Gasteiger partial charge in [0.05, 0.1) is 12.2 Å². The summed E-state index contributed by atoms with van der Waals surface area (Å²) >= 11 is 0. The van der Waals surface area contributed by atoms with Gasteiger partial charge < -0.3 is 15.1 Å². The molecule has 1 atom stereocenters. The number of aromatic hydroxyl groups is 1. The molecule has 6 nitrogen and oxygen atoms in total. The minimum Gasteiger partial charge on any atom is -0.507 e. The molecule has 3 heterocycles. The second-order valence-corrected chi connectivity index (χ2v) is 7.64. The summed E-state index contributed by atoms with van der Waals surface area (Å²) in [5.41, 5.74) is -0.235. The predicted molar refractivity (Wildman–Crippen MR) is 101 cm³/mol. The van der Waals surface area contributed by atoms with E-state index in [0.717, 1.165) is 12.5 Å². The predicted octanol–water partition coefficient (Wildman–Crippen LogP) is 3.62. The third-order valence-corrected chi connectivity index (χ3v) is 5.34. The minimum absolute atomic E-state index is 0.0554. The molecule has 1 aliphatic rings. The number of rotatable bonds is 3. The highest BCUT2D eigenvalue weighted by atomic mass is 19.4. The fourth-order valence-electron chi connectivity index (χ4n) is 3.63. The Balaban J connectivity index is 1.81. The van der Waals surface area contributed by atoms with Gasteiger partial charge >= 0.3 is 6.18 Å². The number of alkyl halides is 3. The van der Waals surface area contributed by atoms with E-state index in [1.165, 1.54) is 6.07 Å². The summed E-state index contributed by atoms with van der Waals surface area (Å²) in [6.45, 7) is 3.32. The summed E-state index contributed by atoms with van der Waals surface area (Å²) < 4.78 is 38.7. The molecule has 9 heteroatoms. The van der Waals surface area contributed by atoms with E-state index < -0.39 is 17.5 Å². The normalized spacial score (nSPS) is 19.8. The van der Waals surface area contributed by atoms with Crippen molar-refractivity contribution in [1.29, 1.82) is 0 Å². The topological polar surface area (TPSA) is 82.4 Å². The van der Waals surface area contributed by atoms with Gasteiger partial charge in [-0.1, -0.05) is 6.92 Å². The minimum atomic E-state index is -4.55. The number of hydrogen-bond acceptors (Lipinski definition) is 6. The number of aromatic nitrogens is 3. The van der Waals surface area contributed by atoms with E-state index in [4.69, 9.17) is 0 Å². The van der Waals surface area contributed by atoms with Gasteiger partial charge in [0.1, 0.15) is 17.0 Å². The molecular weight excluding hydrogens is 385 g/mol. The van der Waals surface area contributed by atoms with Gasteiger partial charge in [-0.25, -0.2) is 0 Å². The zero-order chi connectivity index (χ0) is 20.8. The van der Waals surface area contributed by atoms with Gasteiger partial charge in [-0.3, -0.25) is 4.98 Å². The van der Waals surface area contributed by atoms with Gasteiger partial charge in [0.15, 0.2) is 5.82 Å². The van der Waals surface area contributed by atoms with Gasteiger partial charge in [-0.2, -0.15) is 13.2 Å². The number of halogens is 3. The van der Waals surface area contributed by atoms with Crippen LogP contribution in [0.1, 0.15) is 18.9 Å². The second-order valence-electron chi connectivity index (χ2n) is 7.64. The molecule has 0 bridgehead atoms. The molecule has 29 heavy (non-hydrogen) atoms. The summed E-state index contributed by atoms with van der Waals surface area (Å²) in [6.07, 6.45) is -2.16. The number of aliphatic hydroxyl groups is 1. The Morgan fingerprint density at radius 1 is 1.21 bits per heavy atom. The molecule has 1 aliphatic heterocycles. The van der Waals surface area contributed by atoms with E-state index in [9.17, 15) is 23.4 Å². The first-order valence-corrected chi connectivity index (χ1v) is 9.10. The average molecular weight is 404 g/mol. The van der Waals surface area contributed by atoms with Crippen LogP contribution < -0.4 is 4.90 Å². The number of fused-ring (bicyclic) bond motifs is 1. The SMILES string of the molecule is C[C@@]1(CO)CCN(c2nnc(-c3ccc(C(F)(F)F)cc3O)c3cccnc23)C1. The summed E-state index contributed by atoms with van der Waals surface area (Å²) in [7, 11) is 0. The maximum Gasteiger partial charge on any atom is 0.416 e.